The SMILES string of the molecule is c1oc(C2CCNCC2)nc1C1CCCCC1. The van der Waals surface area contributed by atoms with E-state index in [1.54, 1.807) is 0 Å². The van der Waals surface area contributed by atoms with Gasteiger partial charge in [0.25, 0.3) is 0 Å². The summed E-state index contributed by atoms with van der Waals surface area (Å²) in [6.45, 7) is 2.21. The summed E-state index contributed by atoms with van der Waals surface area (Å²) in [6.07, 6.45) is 11.0. The minimum absolute atomic E-state index is 0.550. The third-order valence-corrected chi connectivity index (χ3v) is 4.25. The molecule has 2 fully saturated rings. The van der Waals surface area contributed by atoms with Crippen LogP contribution in [0.5, 0.6) is 0 Å². The summed E-state index contributed by atoms with van der Waals surface area (Å²) in [6, 6.07) is 0. The predicted molar refractivity (Wildman–Crippen MR) is 67.2 cm³/mol. The molecule has 2 heterocycles. The molecule has 1 aromatic rings. The first-order chi connectivity index (χ1) is 8.43. The normalized spacial score (nSPS) is 24.0. The lowest BCUT2D eigenvalue weighted by Crippen LogP contribution is -2.26. The minimum Gasteiger partial charge on any atom is -0.448 e. The van der Waals surface area contributed by atoms with Crippen LogP contribution < -0.4 is 5.32 Å². The third-order valence-electron chi connectivity index (χ3n) is 4.25. The Kier molecular flexibility index (Phi) is 3.46. The number of rotatable bonds is 2. The summed E-state index contributed by atoms with van der Waals surface area (Å²) in [5.41, 5.74) is 1.22. The highest BCUT2D eigenvalue weighted by atomic mass is 16.3. The number of aromatic nitrogens is 1. The lowest BCUT2D eigenvalue weighted by Gasteiger charge is -2.20. The van der Waals surface area contributed by atoms with Crippen molar-refractivity contribution in [3.8, 4) is 0 Å². The zero-order valence-electron chi connectivity index (χ0n) is 10.5. The average molecular weight is 234 g/mol. The van der Waals surface area contributed by atoms with Gasteiger partial charge in [0.15, 0.2) is 5.89 Å². The van der Waals surface area contributed by atoms with Crippen LogP contribution in [0.3, 0.4) is 0 Å². The van der Waals surface area contributed by atoms with Crippen molar-refractivity contribution >= 4 is 0 Å². The number of piperidine rings is 1. The minimum atomic E-state index is 0.550. The van der Waals surface area contributed by atoms with Crippen LogP contribution in [-0.2, 0) is 0 Å². The van der Waals surface area contributed by atoms with Crippen molar-refractivity contribution in [2.24, 2.45) is 0 Å². The maximum absolute atomic E-state index is 5.72. The van der Waals surface area contributed by atoms with Gasteiger partial charge in [0.1, 0.15) is 6.26 Å². The molecule has 0 aromatic carbocycles. The highest BCUT2D eigenvalue weighted by Crippen LogP contribution is 2.33. The van der Waals surface area contributed by atoms with E-state index in [2.05, 4.69) is 5.32 Å². The Morgan fingerprint density at radius 1 is 1.00 bits per heavy atom. The first-order valence-corrected chi connectivity index (χ1v) is 7.09. The molecular formula is C14H22N2O. The van der Waals surface area contributed by atoms with Gasteiger partial charge in [0.05, 0.1) is 5.69 Å². The Hall–Kier alpha value is -0.830. The summed E-state index contributed by atoms with van der Waals surface area (Å²) in [7, 11) is 0. The zero-order valence-corrected chi connectivity index (χ0v) is 10.5. The van der Waals surface area contributed by atoms with Crippen LogP contribution in [-0.4, -0.2) is 18.1 Å². The lowest BCUT2D eigenvalue weighted by atomic mass is 9.87. The standard InChI is InChI=1S/C14H22N2O/c1-2-4-11(5-3-1)13-10-17-14(16-13)12-6-8-15-9-7-12/h10-12,15H,1-9H2. The molecule has 1 aliphatic carbocycles. The maximum Gasteiger partial charge on any atom is 0.197 e. The highest BCUT2D eigenvalue weighted by molar-refractivity contribution is 5.08. The second-order valence-corrected chi connectivity index (χ2v) is 5.47. The number of oxazole rings is 1. The van der Waals surface area contributed by atoms with Crippen LogP contribution in [0.1, 0.15) is 68.4 Å². The second-order valence-electron chi connectivity index (χ2n) is 5.47. The van der Waals surface area contributed by atoms with Gasteiger partial charge in [-0.3, -0.25) is 0 Å². The molecule has 1 aromatic heterocycles. The number of nitrogens with one attached hydrogen (secondary N) is 1. The van der Waals surface area contributed by atoms with Gasteiger partial charge < -0.3 is 9.73 Å². The molecule has 1 saturated carbocycles. The molecule has 3 nitrogen and oxygen atoms in total. The molecule has 0 amide bonds. The topological polar surface area (TPSA) is 38.1 Å². The van der Waals surface area contributed by atoms with Crippen molar-refractivity contribution in [3.63, 3.8) is 0 Å². The molecule has 2 aliphatic rings. The molecule has 1 saturated heterocycles. The molecule has 17 heavy (non-hydrogen) atoms. The second kappa shape index (κ2) is 5.21. The van der Waals surface area contributed by atoms with Gasteiger partial charge in [0, 0.05) is 11.8 Å². The summed E-state index contributed by atoms with van der Waals surface area (Å²) >= 11 is 0. The zero-order chi connectivity index (χ0) is 11.5. The number of nitrogens with zero attached hydrogens (tertiary/aromatic N) is 1. The van der Waals surface area contributed by atoms with Crippen molar-refractivity contribution in [2.75, 3.05) is 13.1 Å². The smallest absolute Gasteiger partial charge is 0.197 e. The summed E-state index contributed by atoms with van der Waals surface area (Å²) in [5, 5.41) is 3.39. The van der Waals surface area contributed by atoms with Gasteiger partial charge in [-0.1, -0.05) is 19.3 Å². The monoisotopic (exact) mass is 234 g/mol. The summed E-state index contributed by atoms with van der Waals surface area (Å²) < 4.78 is 5.72. The first kappa shape index (κ1) is 11.3. The Bertz CT molecular complexity index is 316. The fraction of sp³-hybridized carbons (Fsp3) is 0.786. The van der Waals surface area contributed by atoms with Gasteiger partial charge in [0.2, 0.25) is 0 Å². The van der Waals surface area contributed by atoms with Crippen LogP contribution in [0.15, 0.2) is 10.7 Å². The van der Waals surface area contributed by atoms with E-state index >= 15 is 0 Å². The Balaban J connectivity index is 1.68. The van der Waals surface area contributed by atoms with Gasteiger partial charge >= 0.3 is 0 Å². The van der Waals surface area contributed by atoms with E-state index in [1.165, 1.54) is 50.6 Å². The van der Waals surface area contributed by atoms with Crippen molar-refractivity contribution < 1.29 is 4.42 Å². The summed E-state index contributed by atoms with van der Waals surface area (Å²) in [4.78, 5) is 4.76. The largest absolute Gasteiger partial charge is 0.448 e. The van der Waals surface area contributed by atoms with E-state index in [1.807, 2.05) is 6.26 Å². The molecule has 1 aliphatic heterocycles. The quantitative estimate of drug-likeness (QED) is 0.854. The molecule has 0 bridgehead atoms. The van der Waals surface area contributed by atoms with Crippen molar-refractivity contribution in [1.29, 1.82) is 0 Å². The molecule has 0 spiro atoms. The van der Waals surface area contributed by atoms with Crippen LogP contribution in [0.25, 0.3) is 0 Å². The van der Waals surface area contributed by atoms with Crippen molar-refractivity contribution in [1.82, 2.24) is 10.3 Å². The maximum atomic E-state index is 5.72. The fourth-order valence-electron chi connectivity index (χ4n) is 3.14. The lowest BCUT2D eigenvalue weighted by molar-refractivity contribution is 0.374. The Morgan fingerprint density at radius 3 is 2.53 bits per heavy atom. The Labute approximate surface area is 103 Å². The van der Waals surface area contributed by atoms with Crippen molar-refractivity contribution in [3.05, 3.63) is 17.8 Å². The van der Waals surface area contributed by atoms with Crippen LogP contribution in [0.2, 0.25) is 0 Å². The Morgan fingerprint density at radius 2 is 1.76 bits per heavy atom. The first-order valence-electron chi connectivity index (χ1n) is 7.09. The molecular weight excluding hydrogens is 212 g/mol. The third kappa shape index (κ3) is 2.54. The van der Waals surface area contributed by atoms with Crippen molar-refractivity contribution in [2.45, 2.75) is 56.8 Å². The molecule has 3 heteroatoms. The van der Waals surface area contributed by atoms with Gasteiger partial charge in [-0.15, -0.1) is 0 Å². The average Bonchev–Trinajstić information content (AvgIpc) is 2.90. The molecule has 94 valence electrons. The van der Waals surface area contributed by atoms with E-state index in [-0.39, 0.29) is 0 Å². The molecule has 0 atom stereocenters. The molecule has 0 unspecified atom stereocenters. The van der Waals surface area contributed by atoms with E-state index in [0.717, 1.165) is 19.0 Å². The van der Waals surface area contributed by atoms with E-state index in [0.29, 0.717) is 11.8 Å². The van der Waals surface area contributed by atoms with E-state index < -0.39 is 0 Å². The molecule has 3 rings (SSSR count). The van der Waals surface area contributed by atoms with Gasteiger partial charge in [-0.05, 0) is 38.8 Å². The fourth-order valence-corrected chi connectivity index (χ4v) is 3.14. The molecule has 0 radical (unpaired) electrons. The molecule has 1 N–H and O–H groups in total. The van der Waals surface area contributed by atoms with Gasteiger partial charge in [-0.25, -0.2) is 4.98 Å². The highest BCUT2D eigenvalue weighted by Gasteiger charge is 2.23. The van der Waals surface area contributed by atoms with Crippen LogP contribution in [0, 0.1) is 0 Å². The van der Waals surface area contributed by atoms with E-state index in [9.17, 15) is 0 Å². The van der Waals surface area contributed by atoms with Gasteiger partial charge in [-0.2, -0.15) is 0 Å². The van der Waals surface area contributed by atoms with E-state index in [4.69, 9.17) is 9.40 Å². The number of hydrogen-bond donors (Lipinski definition) is 1. The summed E-state index contributed by atoms with van der Waals surface area (Å²) in [5.74, 6) is 2.21. The van der Waals surface area contributed by atoms with Crippen LogP contribution in [0.4, 0.5) is 0 Å². The number of hydrogen-bond acceptors (Lipinski definition) is 3. The predicted octanol–water partition coefficient (Wildman–Crippen LogP) is 3.19. The van der Waals surface area contributed by atoms with Crippen LogP contribution >= 0.6 is 0 Å².